The van der Waals surface area contributed by atoms with Crippen LogP contribution in [0, 0.1) is 11.3 Å². The third-order valence-electron chi connectivity index (χ3n) is 6.24. The first-order valence-corrected chi connectivity index (χ1v) is 8.35. The summed E-state index contributed by atoms with van der Waals surface area (Å²) in [5, 5.41) is 0. The Kier molecular flexibility index (Phi) is 4.16. The van der Waals surface area contributed by atoms with E-state index in [0.29, 0.717) is 5.41 Å². The molecule has 3 nitrogen and oxygen atoms in total. The van der Waals surface area contributed by atoms with Gasteiger partial charge in [0, 0.05) is 12.6 Å². The van der Waals surface area contributed by atoms with Crippen LogP contribution in [-0.4, -0.2) is 55.6 Å². The fourth-order valence-electron chi connectivity index (χ4n) is 4.56. The number of nitrogens with zero attached hydrogens (tertiary/aromatic N) is 2. The molecule has 2 heterocycles. The van der Waals surface area contributed by atoms with Crippen molar-refractivity contribution in [3.8, 4) is 0 Å². The van der Waals surface area contributed by atoms with E-state index in [1.807, 2.05) is 0 Å². The Morgan fingerprint density at radius 1 is 1.16 bits per heavy atom. The predicted octanol–water partition coefficient (Wildman–Crippen LogP) is 1.92. The predicted molar refractivity (Wildman–Crippen MR) is 80.2 cm³/mol. The highest BCUT2D eigenvalue weighted by molar-refractivity contribution is 4.92. The Hall–Kier alpha value is -0.120. The zero-order valence-electron chi connectivity index (χ0n) is 12.6. The molecular formula is C16H31N3. The number of likely N-dealkylation sites (tertiary alicyclic amines) is 2. The second-order valence-corrected chi connectivity index (χ2v) is 7.35. The summed E-state index contributed by atoms with van der Waals surface area (Å²) >= 11 is 0. The fraction of sp³-hybridized carbons (Fsp3) is 1.00. The van der Waals surface area contributed by atoms with Crippen molar-refractivity contribution in [1.82, 2.24) is 9.80 Å². The van der Waals surface area contributed by atoms with Crippen molar-refractivity contribution >= 4 is 0 Å². The van der Waals surface area contributed by atoms with E-state index in [4.69, 9.17) is 5.73 Å². The van der Waals surface area contributed by atoms with Gasteiger partial charge in [-0.25, -0.2) is 0 Å². The van der Waals surface area contributed by atoms with Gasteiger partial charge in [0.1, 0.15) is 0 Å². The van der Waals surface area contributed by atoms with Gasteiger partial charge in [-0.15, -0.1) is 0 Å². The van der Waals surface area contributed by atoms with Crippen LogP contribution in [0.1, 0.15) is 44.9 Å². The van der Waals surface area contributed by atoms with E-state index in [1.54, 1.807) is 0 Å². The lowest BCUT2D eigenvalue weighted by atomic mass is 9.66. The molecule has 0 spiro atoms. The van der Waals surface area contributed by atoms with Gasteiger partial charge in [-0.05, 0) is 83.1 Å². The Balaban J connectivity index is 1.48. The minimum absolute atomic E-state index is 0.528. The van der Waals surface area contributed by atoms with Crippen LogP contribution in [0.25, 0.3) is 0 Å². The van der Waals surface area contributed by atoms with Gasteiger partial charge in [-0.1, -0.05) is 6.42 Å². The largest absolute Gasteiger partial charge is 0.330 e. The second kappa shape index (κ2) is 5.71. The van der Waals surface area contributed by atoms with Crippen LogP contribution in [0.2, 0.25) is 0 Å². The maximum atomic E-state index is 5.98. The molecule has 1 saturated carbocycles. The highest BCUT2D eigenvalue weighted by atomic mass is 15.2. The van der Waals surface area contributed by atoms with E-state index < -0.39 is 0 Å². The Labute approximate surface area is 118 Å². The summed E-state index contributed by atoms with van der Waals surface area (Å²) in [5.41, 5.74) is 6.51. The molecule has 110 valence electrons. The van der Waals surface area contributed by atoms with Gasteiger partial charge in [0.25, 0.3) is 0 Å². The first-order valence-electron chi connectivity index (χ1n) is 8.35. The van der Waals surface area contributed by atoms with Crippen molar-refractivity contribution in [2.24, 2.45) is 17.1 Å². The SMILES string of the molecule is CN1CCCC2CN(CCC3(CN)CCC3)CCC21. The molecule has 3 aliphatic rings. The molecule has 0 bridgehead atoms. The molecule has 1 aliphatic carbocycles. The lowest BCUT2D eigenvalue weighted by molar-refractivity contribution is 0.0258. The van der Waals surface area contributed by atoms with Gasteiger partial charge >= 0.3 is 0 Å². The first-order chi connectivity index (χ1) is 9.22. The summed E-state index contributed by atoms with van der Waals surface area (Å²) < 4.78 is 0. The third kappa shape index (κ3) is 2.84. The van der Waals surface area contributed by atoms with E-state index >= 15 is 0 Å². The number of hydrogen-bond acceptors (Lipinski definition) is 3. The molecule has 3 heteroatoms. The Morgan fingerprint density at radius 3 is 2.68 bits per heavy atom. The molecular weight excluding hydrogens is 234 g/mol. The van der Waals surface area contributed by atoms with Crippen LogP contribution in [0.3, 0.4) is 0 Å². The summed E-state index contributed by atoms with van der Waals surface area (Å²) in [7, 11) is 2.32. The zero-order valence-corrected chi connectivity index (χ0v) is 12.6. The van der Waals surface area contributed by atoms with Crippen molar-refractivity contribution < 1.29 is 0 Å². The number of hydrogen-bond donors (Lipinski definition) is 1. The summed E-state index contributed by atoms with van der Waals surface area (Å²) in [6.45, 7) is 6.18. The molecule has 3 rings (SSSR count). The fourth-order valence-corrected chi connectivity index (χ4v) is 4.56. The number of piperidine rings is 2. The normalized spacial score (nSPS) is 35.7. The molecule has 2 unspecified atom stereocenters. The highest BCUT2D eigenvalue weighted by Crippen LogP contribution is 2.43. The second-order valence-electron chi connectivity index (χ2n) is 7.35. The molecule has 19 heavy (non-hydrogen) atoms. The van der Waals surface area contributed by atoms with E-state index in [1.165, 1.54) is 71.1 Å². The molecule has 2 atom stereocenters. The van der Waals surface area contributed by atoms with Gasteiger partial charge in [-0.2, -0.15) is 0 Å². The highest BCUT2D eigenvalue weighted by Gasteiger charge is 2.37. The van der Waals surface area contributed by atoms with Crippen molar-refractivity contribution in [2.75, 3.05) is 39.8 Å². The van der Waals surface area contributed by atoms with Crippen LogP contribution < -0.4 is 5.73 Å². The molecule has 0 aromatic rings. The van der Waals surface area contributed by atoms with Crippen molar-refractivity contribution in [3.05, 3.63) is 0 Å². The van der Waals surface area contributed by atoms with Gasteiger partial charge < -0.3 is 15.5 Å². The summed E-state index contributed by atoms with van der Waals surface area (Å²) in [4.78, 5) is 5.34. The number of nitrogens with two attached hydrogens (primary N) is 1. The minimum atomic E-state index is 0.528. The number of rotatable bonds is 4. The first kappa shape index (κ1) is 13.8. The van der Waals surface area contributed by atoms with Crippen molar-refractivity contribution in [2.45, 2.75) is 51.0 Å². The number of fused-ring (bicyclic) bond motifs is 1. The molecule has 0 aromatic carbocycles. The maximum Gasteiger partial charge on any atom is 0.0145 e. The average Bonchev–Trinajstić information content (AvgIpc) is 2.38. The van der Waals surface area contributed by atoms with E-state index in [0.717, 1.165) is 18.5 Å². The van der Waals surface area contributed by atoms with Gasteiger partial charge in [0.15, 0.2) is 0 Å². The summed E-state index contributed by atoms with van der Waals surface area (Å²) in [6, 6.07) is 0.872. The van der Waals surface area contributed by atoms with Crippen LogP contribution in [0.15, 0.2) is 0 Å². The van der Waals surface area contributed by atoms with E-state index in [2.05, 4.69) is 16.8 Å². The van der Waals surface area contributed by atoms with Crippen LogP contribution in [0.5, 0.6) is 0 Å². The Morgan fingerprint density at radius 2 is 2.00 bits per heavy atom. The molecule has 2 aliphatic heterocycles. The summed E-state index contributed by atoms with van der Waals surface area (Å²) in [6.07, 6.45) is 9.75. The Bertz CT molecular complexity index is 295. The molecule has 0 radical (unpaired) electrons. The maximum absolute atomic E-state index is 5.98. The molecule has 0 aromatic heterocycles. The van der Waals surface area contributed by atoms with Gasteiger partial charge in [-0.3, -0.25) is 0 Å². The van der Waals surface area contributed by atoms with Crippen molar-refractivity contribution in [3.63, 3.8) is 0 Å². The van der Waals surface area contributed by atoms with Gasteiger partial charge in [0.05, 0.1) is 0 Å². The quantitative estimate of drug-likeness (QED) is 0.843. The summed E-state index contributed by atoms with van der Waals surface area (Å²) in [5.74, 6) is 0.933. The van der Waals surface area contributed by atoms with E-state index in [-0.39, 0.29) is 0 Å². The minimum Gasteiger partial charge on any atom is -0.330 e. The smallest absolute Gasteiger partial charge is 0.0145 e. The van der Waals surface area contributed by atoms with Crippen molar-refractivity contribution in [1.29, 1.82) is 0 Å². The van der Waals surface area contributed by atoms with E-state index in [9.17, 15) is 0 Å². The molecule has 0 amide bonds. The van der Waals surface area contributed by atoms with Crippen LogP contribution >= 0.6 is 0 Å². The van der Waals surface area contributed by atoms with Gasteiger partial charge in [0.2, 0.25) is 0 Å². The monoisotopic (exact) mass is 265 g/mol. The molecule has 2 N–H and O–H groups in total. The molecule has 3 fully saturated rings. The topological polar surface area (TPSA) is 32.5 Å². The standard InChI is InChI=1S/C16H31N3/c1-18-9-2-4-14-12-19(10-5-15(14)18)11-8-16(13-17)6-3-7-16/h14-15H,2-13,17H2,1H3. The molecule has 2 saturated heterocycles. The van der Waals surface area contributed by atoms with Crippen LogP contribution in [-0.2, 0) is 0 Å². The van der Waals surface area contributed by atoms with Crippen LogP contribution in [0.4, 0.5) is 0 Å². The average molecular weight is 265 g/mol. The lowest BCUT2D eigenvalue weighted by Gasteiger charge is -2.47. The zero-order chi connectivity index (χ0) is 13.3. The lowest BCUT2D eigenvalue weighted by Crippen LogP contribution is -2.53. The third-order valence-corrected chi connectivity index (χ3v) is 6.24.